The van der Waals surface area contributed by atoms with Crippen LogP contribution in [0.25, 0.3) is 0 Å². The molecule has 3 aromatic rings. The zero-order chi connectivity index (χ0) is 30.6. The maximum Gasteiger partial charge on any atom is 0.416 e. The molecule has 0 aliphatic rings. The van der Waals surface area contributed by atoms with Crippen molar-refractivity contribution in [3.05, 3.63) is 95.6 Å². The highest BCUT2D eigenvalue weighted by molar-refractivity contribution is 7.92. The van der Waals surface area contributed by atoms with Gasteiger partial charge in [0, 0.05) is 12.1 Å². The fourth-order valence-electron chi connectivity index (χ4n) is 4.11. The summed E-state index contributed by atoms with van der Waals surface area (Å²) in [5, 5.41) is 2.83. The van der Waals surface area contributed by atoms with E-state index in [2.05, 4.69) is 5.32 Å². The number of amides is 2. The van der Waals surface area contributed by atoms with Gasteiger partial charge >= 0.3 is 6.18 Å². The summed E-state index contributed by atoms with van der Waals surface area (Å²) >= 11 is 0. The Balaban J connectivity index is 2.10. The van der Waals surface area contributed by atoms with Gasteiger partial charge in [0.2, 0.25) is 11.8 Å². The summed E-state index contributed by atoms with van der Waals surface area (Å²) in [6, 6.07) is 17.1. The lowest BCUT2D eigenvalue weighted by molar-refractivity contribution is -0.140. The van der Waals surface area contributed by atoms with Gasteiger partial charge in [0.05, 0.1) is 16.1 Å². The number of anilines is 1. The average molecular weight is 590 g/mol. The number of alkyl halides is 3. The molecule has 0 radical (unpaired) electrons. The predicted octanol–water partition coefficient (Wildman–Crippen LogP) is 5.54. The normalized spacial score (nSPS) is 12.9. The number of benzene rings is 3. The second kappa shape index (κ2) is 12.3. The van der Waals surface area contributed by atoms with E-state index in [1.165, 1.54) is 42.2 Å². The Morgan fingerprint density at radius 1 is 0.902 bits per heavy atom. The van der Waals surface area contributed by atoms with Gasteiger partial charge in [-0.05, 0) is 76.1 Å². The minimum absolute atomic E-state index is 0.0218. The first-order valence-corrected chi connectivity index (χ1v) is 14.4. The maximum absolute atomic E-state index is 13.9. The van der Waals surface area contributed by atoms with Crippen LogP contribution in [0.2, 0.25) is 0 Å². The number of hydrogen-bond donors (Lipinski definition) is 1. The smallest absolute Gasteiger partial charge is 0.350 e. The number of sulfonamides is 1. The van der Waals surface area contributed by atoms with Crippen molar-refractivity contribution in [2.24, 2.45) is 0 Å². The summed E-state index contributed by atoms with van der Waals surface area (Å²) in [5.41, 5.74) is -0.429. The summed E-state index contributed by atoms with van der Waals surface area (Å²) in [7, 11) is -4.48. The van der Waals surface area contributed by atoms with E-state index in [1.807, 2.05) is 19.1 Å². The van der Waals surface area contributed by atoms with E-state index >= 15 is 0 Å². The number of nitrogens with one attached hydrogen (secondary N) is 1. The van der Waals surface area contributed by atoms with Crippen molar-refractivity contribution >= 4 is 27.5 Å². The third-order valence-electron chi connectivity index (χ3n) is 6.34. The van der Waals surface area contributed by atoms with Crippen LogP contribution in [-0.2, 0) is 32.3 Å². The molecule has 0 bridgehead atoms. The van der Waals surface area contributed by atoms with Crippen molar-refractivity contribution in [1.29, 1.82) is 0 Å². The van der Waals surface area contributed by atoms with Gasteiger partial charge in [0.25, 0.3) is 10.0 Å². The van der Waals surface area contributed by atoms with Gasteiger partial charge in [-0.1, -0.05) is 48.5 Å². The van der Waals surface area contributed by atoms with Crippen molar-refractivity contribution in [2.75, 3.05) is 10.8 Å². The molecule has 0 saturated heterocycles. The van der Waals surface area contributed by atoms with Gasteiger partial charge in [0.15, 0.2) is 0 Å². The van der Waals surface area contributed by atoms with Crippen LogP contribution in [0.1, 0.15) is 44.4 Å². The molecule has 1 atom stereocenters. The van der Waals surface area contributed by atoms with Crippen LogP contribution in [0.5, 0.6) is 0 Å². The number of hydrogen-bond acceptors (Lipinski definition) is 4. The number of aryl methyl sites for hydroxylation is 1. The molecule has 41 heavy (non-hydrogen) atoms. The first-order valence-electron chi connectivity index (χ1n) is 12.9. The Hall–Kier alpha value is -3.86. The van der Waals surface area contributed by atoms with Gasteiger partial charge in [0.1, 0.15) is 12.6 Å². The molecule has 220 valence electrons. The van der Waals surface area contributed by atoms with E-state index in [0.717, 1.165) is 23.3 Å². The van der Waals surface area contributed by atoms with Gasteiger partial charge in [-0.3, -0.25) is 13.9 Å². The minimum atomic E-state index is -4.74. The quantitative estimate of drug-likeness (QED) is 0.355. The standard InChI is InChI=1S/C30H34F3N3O4S/c1-21-12-9-10-13-23(21)19-35(22(2)28(38)34-29(3,4)5)27(37)20-36(41(39,40)26-16-7-6-8-17-26)25-15-11-14-24(18-25)30(31,32)33/h6-18,22H,19-20H2,1-5H3,(H,34,38)/t22-/m0/s1. The highest BCUT2D eigenvalue weighted by Gasteiger charge is 2.35. The summed E-state index contributed by atoms with van der Waals surface area (Å²) in [6.07, 6.45) is -4.74. The number of rotatable bonds is 9. The first kappa shape index (κ1) is 31.7. The molecular formula is C30H34F3N3O4S. The molecule has 3 rings (SSSR count). The topological polar surface area (TPSA) is 86.8 Å². The number of nitrogens with zero attached hydrogens (tertiary/aromatic N) is 2. The van der Waals surface area contributed by atoms with E-state index < -0.39 is 51.7 Å². The van der Waals surface area contributed by atoms with Crippen molar-refractivity contribution in [1.82, 2.24) is 10.2 Å². The van der Waals surface area contributed by atoms with Crippen LogP contribution in [0.15, 0.2) is 83.8 Å². The van der Waals surface area contributed by atoms with Crippen molar-refractivity contribution in [3.8, 4) is 0 Å². The lowest BCUT2D eigenvalue weighted by Gasteiger charge is -2.34. The fourth-order valence-corrected chi connectivity index (χ4v) is 5.54. The Bertz CT molecular complexity index is 1490. The van der Waals surface area contributed by atoms with Crippen LogP contribution >= 0.6 is 0 Å². The van der Waals surface area contributed by atoms with Crippen LogP contribution in [0, 0.1) is 6.92 Å². The largest absolute Gasteiger partial charge is 0.416 e. The molecule has 2 amide bonds. The van der Waals surface area contributed by atoms with E-state index in [4.69, 9.17) is 0 Å². The molecule has 7 nitrogen and oxygen atoms in total. The Morgan fingerprint density at radius 2 is 1.51 bits per heavy atom. The van der Waals surface area contributed by atoms with Crippen molar-refractivity contribution < 1.29 is 31.2 Å². The Labute approximate surface area is 239 Å². The van der Waals surface area contributed by atoms with Crippen molar-refractivity contribution in [2.45, 2.75) is 63.8 Å². The monoisotopic (exact) mass is 589 g/mol. The molecule has 3 aromatic carbocycles. The molecule has 0 saturated carbocycles. The summed E-state index contributed by atoms with van der Waals surface area (Å²) in [4.78, 5) is 28.1. The molecule has 0 fully saturated rings. The summed E-state index contributed by atoms with van der Waals surface area (Å²) in [5.74, 6) is -1.22. The maximum atomic E-state index is 13.9. The lowest BCUT2D eigenvalue weighted by atomic mass is 10.1. The van der Waals surface area contributed by atoms with E-state index in [9.17, 15) is 31.2 Å². The Morgan fingerprint density at radius 3 is 2.10 bits per heavy atom. The molecule has 11 heteroatoms. The van der Waals surface area contributed by atoms with Gasteiger partial charge < -0.3 is 10.2 Å². The third kappa shape index (κ3) is 8.09. The summed E-state index contributed by atoms with van der Waals surface area (Å²) in [6.45, 7) is 7.86. The van der Waals surface area contributed by atoms with Crippen LogP contribution < -0.4 is 9.62 Å². The van der Waals surface area contributed by atoms with Crippen LogP contribution in [0.4, 0.5) is 18.9 Å². The van der Waals surface area contributed by atoms with E-state index in [0.29, 0.717) is 10.4 Å². The van der Waals surface area contributed by atoms with E-state index in [-0.39, 0.29) is 17.1 Å². The van der Waals surface area contributed by atoms with Crippen molar-refractivity contribution in [3.63, 3.8) is 0 Å². The number of halogens is 3. The lowest BCUT2D eigenvalue weighted by Crippen LogP contribution is -2.54. The zero-order valence-electron chi connectivity index (χ0n) is 23.6. The highest BCUT2D eigenvalue weighted by atomic mass is 32.2. The SMILES string of the molecule is Cc1ccccc1CN(C(=O)CN(c1cccc(C(F)(F)F)c1)S(=O)(=O)c1ccccc1)[C@@H](C)C(=O)NC(C)(C)C. The third-order valence-corrected chi connectivity index (χ3v) is 8.13. The highest BCUT2D eigenvalue weighted by Crippen LogP contribution is 2.33. The van der Waals surface area contributed by atoms with Gasteiger partial charge in [-0.2, -0.15) is 13.2 Å². The first-order chi connectivity index (χ1) is 19.0. The molecule has 0 aliphatic carbocycles. The molecule has 0 heterocycles. The van der Waals surface area contributed by atoms with Crippen LogP contribution in [0.3, 0.4) is 0 Å². The Kier molecular flexibility index (Phi) is 9.53. The molecular weight excluding hydrogens is 555 g/mol. The fraction of sp³-hybridized carbons (Fsp3) is 0.333. The second-order valence-corrected chi connectivity index (χ2v) is 12.6. The zero-order valence-corrected chi connectivity index (χ0v) is 24.4. The van der Waals surface area contributed by atoms with E-state index in [1.54, 1.807) is 39.0 Å². The van der Waals surface area contributed by atoms with Crippen LogP contribution in [-0.4, -0.2) is 43.3 Å². The second-order valence-electron chi connectivity index (χ2n) is 10.7. The minimum Gasteiger partial charge on any atom is -0.350 e. The molecule has 1 N–H and O–H groups in total. The summed E-state index contributed by atoms with van der Waals surface area (Å²) < 4.78 is 68.8. The van der Waals surface area contributed by atoms with Gasteiger partial charge in [-0.25, -0.2) is 8.42 Å². The number of carbonyl (C=O) groups excluding carboxylic acids is 2. The van der Waals surface area contributed by atoms with Gasteiger partial charge in [-0.15, -0.1) is 0 Å². The molecule has 0 aliphatic heterocycles. The molecule has 0 spiro atoms. The predicted molar refractivity (Wildman–Crippen MR) is 152 cm³/mol. The molecule has 0 aromatic heterocycles. The molecule has 0 unspecified atom stereocenters. The average Bonchev–Trinajstić information content (AvgIpc) is 2.89. The number of carbonyl (C=O) groups is 2.